The SMILES string of the molecule is Cc1ccc2nc(-c3ccc4nc(C5C(=O)c6ccccc6C5=O)ccc4c3)sc2c1S(=O)(=O)[O-].[Li+]. The Bertz CT molecular complexity index is 1810. The zero-order valence-corrected chi connectivity index (χ0v) is 20.8. The molecule has 3 aromatic carbocycles. The zero-order chi connectivity index (χ0) is 24.5. The van der Waals surface area contributed by atoms with E-state index in [1.807, 2.05) is 6.07 Å². The summed E-state index contributed by atoms with van der Waals surface area (Å²) < 4.78 is 35.8. The van der Waals surface area contributed by atoms with Gasteiger partial charge in [-0.3, -0.25) is 14.6 Å². The van der Waals surface area contributed by atoms with E-state index in [9.17, 15) is 22.6 Å². The number of thiazole rings is 1. The quantitative estimate of drug-likeness (QED) is 0.208. The van der Waals surface area contributed by atoms with Crippen LogP contribution in [-0.4, -0.2) is 34.5 Å². The molecule has 10 heteroatoms. The van der Waals surface area contributed by atoms with Crippen molar-refractivity contribution < 1.29 is 41.4 Å². The molecule has 1 aliphatic rings. The van der Waals surface area contributed by atoms with Gasteiger partial charge in [-0.15, -0.1) is 11.3 Å². The third-order valence-electron chi connectivity index (χ3n) is 6.19. The minimum Gasteiger partial charge on any atom is -0.744 e. The van der Waals surface area contributed by atoms with Crippen molar-refractivity contribution in [1.82, 2.24) is 9.97 Å². The van der Waals surface area contributed by atoms with Gasteiger partial charge in [-0.05, 0) is 42.8 Å². The summed E-state index contributed by atoms with van der Waals surface area (Å²) in [5.74, 6) is -1.44. The maximum Gasteiger partial charge on any atom is 1.00 e. The fraction of sp³-hybridized carbons (Fsp3) is 0.0769. The number of ketones is 2. The first-order valence-electron chi connectivity index (χ1n) is 10.7. The summed E-state index contributed by atoms with van der Waals surface area (Å²) in [4.78, 5) is 34.6. The van der Waals surface area contributed by atoms with Crippen molar-refractivity contribution in [2.24, 2.45) is 0 Å². The summed E-state index contributed by atoms with van der Waals surface area (Å²) in [5, 5.41) is 1.34. The standard InChI is InChI=1S/C26H16N2O5S2.Li/c1-13-6-9-20-24(25(13)35(31,32)33)34-26(28-20)15-8-10-18-14(12-15)7-11-19(27-18)21-22(29)16-4-2-3-5-17(16)23(21)30;/h2-12,21H,1H3,(H,31,32,33);/q;+1/p-1. The van der Waals surface area contributed by atoms with Crippen LogP contribution >= 0.6 is 11.3 Å². The fourth-order valence-corrected chi connectivity index (χ4v) is 6.83. The van der Waals surface area contributed by atoms with Crippen molar-refractivity contribution in [2.75, 3.05) is 0 Å². The second-order valence-electron chi connectivity index (χ2n) is 8.38. The second-order valence-corrected chi connectivity index (χ2v) is 10.7. The van der Waals surface area contributed by atoms with Crippen LogP contribution in [0.15, 0.2) is 71.6 Å². The van der Waals surface area contributed by atoms with Gasteiger partial charge in [0.1, 0.15) is 21.0 Å². The minimum absolute atomic E-state index is 0. The first-order valence-corrected chi connectivity index (χ1v) is 12.9. The van der Waals surface area contributed by atoms with E-state index in [0.717, 1.165) is 22.3 Å². The van der Waals surface area contributed by atoms with E-state index >= 15 is 0 Å². The van der Waals surface area contributed by atoms with Crippen molar-refractivity contribution >= 4 is 54.1 Å². The summed E-state index contributed by atoms with van der Waals surface area (Å²) in [7, 11) is -4.65. The first kappa shape index (κ1) is 24.5. The number of hydrogen-bond acceptors (Lipinski definition) is 8. The Labute approximate surface area is 222 Å². The van der Waals surface area contributed by atoms with Crippen LogP contribution in [0.4, 0.5) is 0 Å². The zero-order valence-electron chi connectivity index (χ0n) is 19.2. The van der Waals surface area contributed by atoms with Gasteiger partial charge < -0.3 is 4.55 Å². The van der Waals surface area contributed by atoms with Crippen LogP contribution in [0.25, 0.3) is 31.7 Å². The molecule has 0 saturated carbocycles. The largest absolute Gasteiger partial charge is 1.00 e. The minimum atomic E-state index is -4.65. The Morgan fingerprint density at radius 2 is 1.53 bits per heavy atom. The van der Waals surface area contributed by atoms with Crippen LogP contribution in [0.3, 0.4) is 0 Å². The molecule has 7 nitrogen and oxygen atoms in total. The first-order chi connectivity index (χ1) is 16.7. The van der Waals surface area contributed by atoms with Gasteiger partial charge >= 0.3 is 18.9 Å². The fourth-order valence-electron chi connectivity index (χ4n) is 4.55. The molecule has 0 saturated heterocycles. The topological polar surface area (TPSA) is 117 Å². The molecule has 0 amide bonds. The van der Waals surface area contributed by atoms with Gasteiger partial charge in [0.15, 0.2) is 11.6 Å². The molecule has 0 bridgehead atoms. The van der Waals surface area contributed by atoms with Gasteiger partial charge in [-0.2, -0.15) is 0 Å². The van der Waals surface area contributed by atoms with Crippen LogP contribution in [0.5, 0.6) is 0 Å². The average molecular weight is 506 g/mol. The molecule has 2 aromatic heterocycles. The summed E-state index contributed by atoms with van der Waals surface area (Å²) in [6.45, 7) is 1.58. The third-order valence-corrected chi connectivity index (χ3v) is 8.49. The number of Topliss-reactive ketones (excluding diaryl/α,β-unsaturated/α-hetero) is 2. The van der Waals surface area contributed by atoms with Gasteiger partial charge in [0, 0.05) is 22.1 Å². The molecular weight excluding hydrogens is 491 g/mol. The van der Waals surface area contributed by atoms with Crippen molar-refractivity contribution in [1.29, 1.82) is 0 Å². The van der Waals surface area contributed by atoms with Crippen molar-refractivity contribution in [3.63, 3.8) is 0 Å². The Morgan fingerprint density at radius 3 is 2.19 bits per heavy atom. The molecule has 0 unspecified atom stereocenters. The summed E-state index contributed by atoms with van der Waals surface area (Å²) in [6.07, 6.45) is 0. The molecular formula is C26H15LiN2O5S2. The van der Waals surface area contributed by atoms with E-state index in [1.165, 1.54) is 0 Å². The van der Waals surface area contributed by atoms with Gasteiger partial charge in [0.25, 0.3) is 0 Å². The number of rotatable bonds is 3. The number of benzene rings is 3. The van der Waals surface area contributed by atoms with Crippen LogP contribution in [-0.2, 0) is 10.1 Å². The molecule has 2 heterocycles. The predicted octanol–water partition coefficient (Wildman–Crippen LogP) is 1.89. The van der Waals surface area contributed by atoms with Crippen LogP contribution in [0.1, 0.15) is 37.9 Å². The van der Waals surface area contributed by atoms with Gasteiger partial charge in [0.2, 0.25) is 0 Å². The molecule has 0 radical (unpaired) electrons. The molecule has 172 valence electrons. The van der Waals surface area contributed by atoms with E-state index in [1.54, 1.807) is 67.6 Å². The van der Waals surface area contributed by atoms with E-state index in [4.69, 9.17) is 0 Å². The summed E-state index contributed by atoms with van der Waals surface area (Å²) in [5.41, 5.74) is 3.42. The summed E-state index contributed by atoms with van der Waals surface area (Å²) in [6, 6.07) is 19.0. The van der Waals surface area contributed by atoms with Crippen LogP contribution < -0.4 is 18.9 Å². The summed E-state index contributed by atoms with van der Waals surface area (Å²) >= 11 is 1.14. The predicted molar refractivity (Wildman–Crippen MR) is 131 cm³/mol. The smallest absolute Gasteiger partial charge is 0.744 e. The Kier molecular flexibility index (Phi) is 5.94. The van der Waals surface area contributed by atoms with Crippen LogP contribution in [0.2, 0.25) is 0 Å². The Hall–Kier alpha value is -3.19. The molecule has 6 rings (SSSR count). The number of fused-ring (bicyclic) bond motifs is 3. The van der Waals surface area contributed by atoms with E-state index in [-0.39, 0.29) is 35.3 Å². The molecule has 0 aliphatic heterocycles. The van der Waals surface area contributed by atoms with E-state index in [0.29, 0.717) is 43.1 Å². The molecule has 0 N–H and O–H groups in total. The maximum atomic E-state index is 12.9. The molecule has 0 fully saturated rings. The van der Waals surface area contributed by atoms with Gasteiger partial charge in [-0.25, -0.2) is 13.4 Å². The molecule has 5 aromatic rings. The van der Waals surface area contributed by atoms with E-state index < -0.39 is 16.0 Å². The maximum absolute atomic E-state index is 12.9. The van der Waals surface area contributed by atoms with Gasteiger partial charge in [-0.1, -0.05) is 36.4 Å². The number of aromatic nitrogens is 2. The number of pyridine rings is 1. The Balaban J connectivity index is 0.00000267. The van der Waals surface area contributed by atoms with Crippen molar-refractivity contribution in [2.45, 2.75) is 17.7 Å². The Morgan fingerprint density at radius 1 is 0.861 bits per heavy atom. The molecule has 0 atom stereocenters. The van der Waals surface area contributed by atoms with Crippen molar-refractivity contribution in [3.05, 3.63) is 89.1 Å². The molecule has 1 aliphatic carbocycles. The van der Waals surface area contributed by atoms with E-state index in [2.05, 4.69) is 9.97 Å². The second kappa shape index (κ2) is 8.73. The van der Waals surface area contributed by atoms with Gasteiger partial charge in [0.05, 0.1) is 26.3 Å². The average Bonchev–Trinajstić information content (AvgIpc) is 3.36. The molecule has 36 heavy (non-hydrogen) atoms. The van der Waals surface area contributed by atoms with Crippen molar-refractivity contribution in [3.8, 4) is 10.6 Å². The normalized spacial score (nSPS) is 13.8. The number of carbonyl (C=O) groups is 2. The van der Waals surface area contributed by atoms with Crippen LogP contribution in [0, 0.1) is 6.92 Å². The molecule has 0 spiro atoms. The number of carbonyl (C=O) groups excluding carboxylic acids is 2. The number of hydrogen-bond donors (Lipinski definition) is 0. The monoisotopic (exact) mass is 506 g/mol. The number of aryl methyl sites for hydroxylation is 1. The number of nitrogens with zero attached hydrogens (tertiary/aromatic N) is 2. The third kappa shape index (κ3) is 3.81.